The molecule has 0 aromatic carbocycles. The smallest absolute Gasteiger partial charge is 0.0829 e. The normalized spacial score (nSPS) is 21.6. The predicted molar refractivity (Wildman–Crippen MR) is 190 cm³/mol. The van der Waals surface area contributed by atoms with Gasteiger partial charge in [-0.2, -0.15) is 0 Å². The minimum absolute atomic E-state index is 0.449. The van der Waals surface area contributed by atoms with Gasteiger partial charge < -0.3 is 34.0 Å². The van der Waals surface area contributed by atoms with E-state index in [1.165, 1.54) is 123 Å². The summed E-state index contributed by atoms with van der Waals surface area (Å²) in [6.07, 6.45) is 11.6. The SMILES string of the molecule is CC.CC.CC.CCCN1CCC(OCCOC2CN(C)C2)CC1.CCCN1CCN(CCCC2CCN(C)CC2)CC1. The Morgan fingerprint density at radius 1 is 0.512 bits per heavy atom. The van der Waals surface area contributed by atoms with Crippen LogP contribution in [0.25, 0.3) is 0 Å². The van der Waals surface area contributed by atoms with Crippen LogP contribution in [-0.4, -0.2) is 149 Å². The maximum Gasteiger partial charge on any atom is 0.0829 e. The van der Waals surface area contributed by atoms with Gasteiger partial charge in [0.2, 0.25) is 0 Å². The fraction of sp³-hybridized carbons (Fsp3) is 1.00. The molecule has 4 heterocycles. The first kappa shape index (κ1) is 42.7. The number of likely N-dealkylation sites (N-methyl/N-ethyl adjacent to an activating group) is 1. The van der Waals surface area contributed by atoms with E-state index in [1.807, 2.05) is 41.5 Å². The average Bonchev–Trinajstić information content (AvgIpc) is 3.04. The van der Waals surface area contributed by atoms with Gasteiger partial charge in [0, 0.05) is 52.4 Å². The molecule has 4 aliphatic heterocycles. The number of rotatable bonds is 13. The monoisotopic (exact) mass is 614 g/mol. The second kappa shape index (κ2) is 29.1. The lowest BCUT2D eigenvalue weighted by atomic mass is 9.92. The highest BCUT2D eigenvalue weighted by Gasteiger charge is 2.24. The molecule has 0 aromatic heterocycles. The Morgan fingerprint density at radius 3 is 1.42 bits per heavy atom. The van der Waals surface area contributed by atoms with Crippen molar-refractivity contribution >= 4 is 0 Å². The molecule has 7 nitrogen and oxygen atoms in total. The van der Waals surface area contributed by atoms with Gasteiger partial charge in [-0.15, -0.1) is 0 Å². The lowest BCUT2D eigenvalue weighted by Gasteiger charge is -2.36. The molecule has 0 spiro atoms. The van der Waals surface area contributed by atoms with E-state index in [0.29, 0.717) is 12.2 Å². The first-order valence-corrected chi connectivity index (χ1v) is 18.8. The van der Waals surface area contributed by atoms with Crippen molar-refractivity contribution in [1.29, 1.82) is 0 Å². The van der Waals surface area contributed by atoms with Gasteiger partial charge in [0.1, 0.15) is 0 Å². The molecule has 260 valence electrons. The highest BCUT2D eigenvalue weighted by Crippen LogP contribution is 2.21. The molecule has 0 atom stereocenters. The van der Waals surface area contributed by atoms with Gasteiger partial charge in [-0.25, -0.2) is 0 Å². The second-order valence-electron chi connectivity index (χ2n) is 12.2. The van der Waals surface area contributed by atoms with E-state index in [1.54, 1.807) is 0 Å². The van der Waals surface area contributed by atoms with Crippen LogP contribution in [0.2, 0.25) is 0 Å². The van der Waals surface area contributed by atoms with E-state index in [4.69, 9.17) is 9.47 Å². The Morgan fingerprint density at radius 2 is 0.953 bits per heavy atom. The third-order valence-electron chi connectivity index (χ3n) is 8.83. The Labute approximate surface area is 271 Å². The van der Waals surface area contributed by atoms with Gasteiger partial charge >= 0.3 is 0 Å². The Bertz CT molecular complexity index is 554. The van der Waals surface area contributed by atoms with Crippen LogP contribution in [0, 0.1) is 5.92 Å². The van der Waals surface area contributed by atoms with Crippen molar-refractivity contribution in [1.82, 2.24) is 24.5 Å². The zero-order valence-electron chi connectivity index (χ0n) is 31.0. The highest BCUT2D eigenvalue weighted by atomic mass is 16.5. The van der Waals surface area contributed by atoms with Gasteiger partial charge in [0.15, 0.2) is 0 Å². The number of piperazine rings is 1. The number of ether oxygens (including phenoxy) is 2. The minimum atomic E-state index is 0.449. The lowest BCUT2D eigenvalue weighted by Crippen LogP contribution is -2.50. The molecule has 4 saturated heterocycles. The molecule has 7 heteroatoms. The Kier molecular flexibility index (Phi) is 29.0. The van der Waals surface area contributed by atoms with Gasteiger partial charge in [0.25, 0.3) is 0 Å². The number of piperidine rings is 2. The van der Waals surface area contributed by atoms with Gasteiger partial charge in [-0.3, -0.25) is 0 Å². The van der Waals surface area contributed by atoms with Crippen LogP contribution in [0.15, 0.2) is 0 Å². The Balaban J connectivity index is 0.000000700. The third-order valence-corrected chi connectivity index (χ3v) is 8.83. The molecular formula is C36H79N5O2. The van der Waals surface area contributed by atoms with Crippen LogP contribution in [0.4, 0.5) is 0 Å². The molecule has 0 aliphatic carbocycles. The number of likely N-dealkylation sites (tertiary alicyclic amines) is 3. The second-order valence-corrected chi connectivity index (χ2v) is 12.2. The van der Waals surface area contributed by atoms with Crippen molar-refractivity contribution in [3.8, 4) is 0 Å². The fourth-order valence-corrected chi connectivity index (χ4v) is 6.30. The lowest BCUT2D eigenvalue weighted by molar-refractivity contribution is -0.0782. The molecule has 0 saturated carbocycles. The zero-order chi connectivity index (χ0) is 32.3. The summed E-state index contributed by atoms with van der Waals surface area (Å²) in [4.78, 5) is 12.6. The van der Waals surface area contributed by atoms with Gasteiger partial charge in [0.05, 0.1) is 25.4 Å². The van der Waals surface area contributed by atoms with Crippen molar-refractivity contribution in [2.45, 2.75) is 119 Å². The quantitative estimate of drug-likeness (QED) is 0.222. The molecule has 0 aromatic rings. The summed E-state index contributed by atoms with van der Waals surface area (Å²) >= 11 is 0. The summed E-state index contributed by atoms with van der Waals surface area (Å²) in [6, 6.07) is 0. The van der Waals surface area contributed by atoms with Crippen molar-refractivity contribution in [2.75, 3.05) is 112 Å². The number of hydrogen-bond acceptors (Lipinski definition) is 7. The fourth-order valence-electron chi connectivity index (χ4n) is 6.30. The van der Waals surface area contributed by atoms with Crippen molar-refractivity contribution in [3.63, 3.8) is 0 Å². The van der Waals surface area contributed by atoms with Gasteiger partial charge in [-0.1, -0.05) is 55.4 Å². The van der Waals surface area contributed by atoms with Crippen molar-refractivity contribution < 1.29 is 9.47 Å². The standard InChI is InChI=1S/C16H33N3.C14H28N2O2.3C2H6/c1-3-8-18-12-14-19(15-13-18)9-4-5-16-6-10-17(2)11-7-16;1-3-6-16-7-4-13(5-8-16)17-9-10-18-14-11-15(2)12-14;3*1-2/h16H,3-15H2,1-2H3;13-14H,3-12H2,1-2H3;3*1-2H3. The maximum absolute atomic E-state index is 5.89. The first-order valence-electron chi connectivity index (χ1n) is 18.8. The average molecular weight is 614 g/mol. The van der Waals surface area contributed by atoms with Gasteiger partial charge in [-0.05, 0) is 104 Å². The molecule has 4 aliphatic rings. The molecular weight excluding hydrogens is 534 g/mol. The van der Waals surface area contributed by atoms with E-state index >= 15 is 0 Å². The minimum Gasteiger partial charge on any atom is -0.376 e. The maximum atomic E-state index is 5.89. The molecule has 0 N–H and O–H groups in total. The molecule has 4 rings (SSSR count). The van der Waals surface area contributed by atoms with E-state index in [-0.39, 0.29) is 0 Å². The molecule has 0 unspecified atom stereocenters. The largest absolute Gasteiger partial charge is 0.376 e. The Hall–Kier alpha value is -0.280. The summed E-state index contributed by atoms with van der Waals surface area (Å²) in [5.74, 6) is 1.01. The van der Waals surface area contributed by atoms with Crippen LogP contribution < -0.4 is 0 Å². The highest BCUT2D eigenvalue weighted by molar-refractivity contribution is 4.77. The summed E-state index contributed by atoms with van der Waals surface area (Å²) in [5.41, 5.74) is 0. The van der Waals surface area contributed by atoms with Crippen LogP contribution in [-0.2, 0) is 9.47 Å². The van der Waals surface area contributed by atoms with Crippen molar-refractivity contribution in [3.05, 3.63) is 0 Å². The summed E-state index contributed by atoms with van der Waals surface area (Å²) < 4.78 is 11.6. The topological polar surface area (TPSA) is 34.7 Å². The summed E-state index contributed by atoms with van der Waals surface area (Å²) in [7, 11) is 4.38. The molecule has 43 heavy (non-hydrogen) atoms. The molecule has 0 amide bonds. The number of hydrogen-bond donors (Lipinski definition) is 0. The zero-order valence-corrected chi connectivity index (χ0v) is 31.0. The van der Waals surface area contributed by atoms with Crippen LogP contribution >= 0.6 is 0 Å². The molecule has 0 bridgehead atoms. The first-order chi connectivity index (χ1) is 21.1. The molecule has 0 radical (unpaired) electrons. The third kappa shape index (κ3) is 20.5. The van der Waals surface area contributed by atoms with Crippen LogP contribution in [0.1, 0.15) is 107 Å². The van der Waals surface area contributed by atoms with Crippen LogP contribution in [0.5, 0.6) is 0 Å². The van der Waals surface area contributed by atoms with E-state index in [9.17, 15) is 0 Å². The van der Waals surface area contributed by atoms with Crippen molar-refractivity contribution in [2.24, 2.45) is 5.92 Å². The number of nitrogens with zero attached hydrogens (tertiary/aromatic N) is 5. The summed E-state index contributed by atoms with van der Waals surface area (Å²) in [6.45, 7) is 34.3. The predicted octanol–water partition coefficient (Wildman–Crippen LogP) is 6.42. The molecule has 4 fully saturated rings. The van der Waals surface area contributed by atoms with Crippen LogP contribution in [0.3, 0.4) is 0 Å². The summed E-state index contributed by atoms with van der Waals surface area (Å²) in [5, 5.41) is 0. The van der Waals surface area contributed by atoms with E-state index < -0.39 is 0 Å². The van der Waals surface area contributed by atoms with E-state index in [0.717, 1.165) is 32.2 Å². The van der Waals surface area contributed by atoms with E-state index in [2.05, 4.69) is 52.4 Å².